The number of H-pyrrole nitrogens is 4. The van der Waals surface area contributed by atoms with Gasteiger partial charge in [-0.2, -0.15) is 0 Å². The fraction of sp³-hybridized carbons (Fsp3) is 0.286. The zero-order chi connectivity index (χ0) is 48.1. The summed E-state index contributed by atoms with van der Waals surface area (Å²) in [5.74, 6) is 0. The van der Waals surface area contributed by atoms with Crippen LogP contribution in [0.25, 0.3) is 91.1 Å². The molecule has 12 nitrogen and oxygen atoms in total. The lowest BCUT2D eigenvalue weighted by molar-refractivity contribution is 0.590. The molecule has 0 radical (unpaired) electrons. The highest BCUT2D eigenvalue weighted by atomic mass is 16.2. The number of rotatable bonds is 10. The summed E-state index contributed by atoms with van der Waals surface area (Å²) >= 11 is 0. The first-order valence-corrected chi connectivity index (χ1v) is 23.6. The molecule has 2 aliphatic rings. The van der Waals surface area contributed by atoms with Crippen LogP contribution in [0.15, 0.2) is 104 Å². The van der Waals surface area contributed by atoms with Gasteiger partial charge in [-0.1, -0.05) is 117 Å². The van der Waals surface area contributed by atoms with Crippen LogP contribution in [0, 0.1) is 0 Å². The number of unbranched alkanes of at least 4 members (excludes halogenated alkanes) is 2. The van der Waals surface area contributed by atoms with Crippen LogP contribution in [-0.4, -0.2) is 39.0 Å². The van der Waals surface area contributed by atoms with Gasteiger partial charge in [0.25, 0.3) is 11.1 Å². The van der Waals surface area contributed by atoms with Crippen molar-refractivity contribution in [3.05, 3.63) is 161 Å². The van der Waals surface area contributed by atoms with Gasteiger partial charge < -0.3 is 9.97 Å². The van der Waals surface area contributed by atoms with Crippen LogP contribution in [0.1, 0.15) is 115 Å². The maximum absolute atomic E-state index is 13.7. The first-order valence-electron chi connectivity index (χ1n) is 23.6. The van der Waals surface area contributed by atoms with Gasteiger partial charge in [0.2, 0.25) is 0 Å². The van der Waals surface area contributed by atoms with E-state index in [0.29, 0.717) is 76.7 Å². The minimum Gasteiger partial charge on any atom is -0.354 e. The topological polar surface area (TPSA) is 167 Å². The first-order chi connectivity index (χ1) is 32.5. The van der Waals surface area contributed by atoms with Gasteiger partial charge in [-0.15, -0.1) is 0 Å². The first kappa shape index (κ1) is 45.6. The lowest BCUT2D eigenvalue weighted by atomic mass is 9.86. The van der Waals surface area contributed by atoms with E-state index >= 15 is 0 Å². The summed E-state index contributed by atoms with van der Waals surface area (Å²) in [6.07, 6.45) is 10.6. The van der Waals surface area contributed by atoms with E-state index in [2.05, 4.69) is 122 Å². The highest BCUT2D eigenvalue weighted by Crippen LogP contribution is 2.39. The molecule has 7 heterocycles. The molecule has 4 N–H and O–H groups in total. The third-order valence-electron chi connectivity index (χ3n) is 12.9. The monoisotopic (exact) mass is 906 g/mol. The van der Waals surface area contributed by atoms with Crippen molar-refractivity contribution in [2.24, 2.45) is 0 Å². The average molecular weight is 907 g/mol. The number of nitrogens with one attached hydrogen (secondary N) is 4. The second kappa shape index (κ2) is 17.9. The molecule has 0 amide bonds. The second-order valence-corrected chi connectivity index (χ2v) is 19.8. The highest BCUT2D eigenvalue weighted by molar-refractivity contribution is 6.00. The average Bonchev–Trinajstić information content (AvgIpc) is 4.14. The largest absolute Gasteiger partial charge is 0.354 e. The van der Waals surface area contributed by atoms with Gasteiger partial charge in [-0.05, 0) is 94.5 Å². The molecular formula is C56H58N8O4. The van der Waals surface area contributed by atoms with E-state index in [9.17, 15) is 19.2 Å². The van der Waals surface area contributed by atoms with Crippen molar-refractivity contribution < 1.29 is 0 Å². The lowest BCUT2D eigenvalue weighted by Gasteiger charge is -2.19. The van der Waals surface area contributed by atoms with Gasteiger partial charge in [0.1, 0.15) is 0 Å². The Hall–Kier alpha value is -7.60. The number of hydrogen-bond acceptors (Lipinski definition) is 6. The normalized spacial score (nSPS) is 12.6. The summed E-state index contributed by atoms with van der Waals surface area (Å²) in [5, 5.41) is 0. The number of aromatic amines is 4. The smallest absolute Gasteiger partial charge is 0.328 e. The minimum absolute atomic E-state index is 0.0580. The quantitative estimate of drug-likeness (QED) is 0.107. The van der Waals surface area contributed by atoms with Crippen molar-refractivity contribution in [1.82, 2.24) is 39.0 Å². The van der Waals surface area contributed by atoms with Gasteiger partial charge in [0, 0.05) is 64.0 Å². The van der Waals surface area contributed by atoms with Crippen molar-refractivity contribution in [3.63, 3.8) is 0 Å². The Morgan fingerprint density at radius 3 is 1.21 bits per heavy atom. The standard InChI is InChI=1S/C56H58N8O4/c1-9-11-29-63-45(31-47(65)61-53(63)67)51-41-25-23-39(58-41)49(33-13-17-35(18-14-33)55(3,4)5)37-21-22-38(57-37)50(34-15-19-36(20-16-34)56(6,7)8)40-24-26-42(59-40)52(44-28-27-43(51)60-44)46-32-48(66)62-54(68)64(46)30-12-10-2/h13-28,31-32,57-58H,9-12,29-30H2,1-8H3,(H,61,65,67)(H,62,66,68). The Balaban J connectivity index is 1.49. The summed E-state index contributed by atoms with van der Waals surface area (Å²) in [6.45, 7) is 18.0. The van der Waals surface area contributed by atoms with Gasteiger partial charge in [-0.3, -0.25) is 28.7 Å². The van der Waals surface area contributed by atoms with Crippen molar-refractivity contribution in [2.45, 2.75) is 105 Å². The summed E-state index contributed by atoms with van der Waals surface area (Å²) in [6, 6.07) is 28.3. The zero-order valence-corrected chi connectivity index (χ0v) is 40.1. The van der Waals surface area contributed by atoms with Crippen LogP contribution >= 0.6 is 0 Å². The van der Waals surface area contributed by atoms with E-state index in [1.165, 1.54) is 23.3 Å². The van der Waals surface area contributed by atoms with Crippen LogP contribution in [0.3, 0.4) is 0 Å². The molecule has 0 aliphatic carbocycles. The Kier molecular flexibility index (Phi) is 12.0. The van der Waals surface area contributed by atoms with Crippen molar-refractivity contribution >= 4 is 46.4 Å². The van der Waals surface area contributed by atoms with Crippen molar-refractivity contribution in [1.29, 1.82) is 0 Å². The van der Waals surface area contributed by atoms with Gasteiger partial charge in [0.15, 0.2) is 0 Å². The molecule has 0 unspecified atom stereocenters. The summed E-state index contributed by atoms with van der Waals surface area (Å²) in [7, 11) is 0. The fourth-order valence-electron chi connectivity index (χ4n) is 9.16. The summed E-state index contributed by atoms with van der Waals surface area (Å²) < 4.78 is 3.18. The molecule has 68 heavy (non-hydrogen) atoms. The van der Waals surface area contributed by atoms with Gasteiger partial charge in [0.05, 0.1) is 39.7 Å². The zero-order valence-electron chi connectivity index (χ0n) is 40.1. The SMILES string of the molecule is CCCCn1c(-c2c3nc(c(-c4ccc(C(C)(C)C)cc4)c4ccc([nH]4)c(-c4ccc(C(C)(C)C)cc4)c4ccc([nH]4)c(-c4cc(=O)[nH]c(=O)n4CCCC)c4nc2C=C4)C=C3)cc(=O)[nH]c1=O. The van der Waals surface area contributed by atoms with E-state index in [1.54, 1.807) is 9.13 Å². The van der Waals surface area contributed by atoms with Crippen LogP contribution in [-0.2, 0) is 23.9 Å². The predicted octanol–water partition coefficient (Wildman–Crippen LogP) is 11.2. The van der Waals surface area contributed by atoms with Crippen LogP contribution < -0.4 is 22.5 Å². The third-order valence-corrected chi connectivity index (χ3v) is 12.9. The Morgan fingerprint density at radius 2 is 0.794 bits per heavy atom. The number of nitrogens with zero attached hydrogens (tertiary/aromatic N) is 4. The molecule has 7 aromatic rings. The van der Waals surface area contributed by atoms with Gasteiger partial charge >= 0.3 is 11.4 Å². The molecule has 12 heteroatoms. The van der Waals surface area contributed by atoms with E-state index in [1.807, 2.05) is 50.3 Å². The molecule has 0 atom stereocenters. The van der Waals surface area contributed by atoms with Crippen LogP contribution in [0.2, 0.25) is 0 Å². The second-order valence-electron chi connectivity index (χ2n) is 19.8. The van der Waals surface area contributed by atoms with E-state index < -0.39 is 22.5 Å². The van der Waals surface area contributed by atoms with Crippen LogP contribution in [0.4, 0.5) is 0 Å². The number of fused-ring (bicyclic) bond motifs is 8. The molecule has 0 fully saturated rings. The number of hydrogen-bond donors (Lipinski definition) is 4. The van der Waals surface area contributed by atoms with Gasteiger partial charge in [-0.25, -0.2) is 19.6 Å². The molecule has 0 saturated heterocycles. The Labute approximate surface area is 394 Å². The molecule has 8 bridgehead atoms. The highest BCUT2D eigenvalue weighted by Gasteiger charge is 2.24. The van der Waals surface area contributed by atoms with E-state index in [4.69, 9.17) is 9.97 Å². The maximum atomic E-state index is 13.7. The molecular weight excluding hydrogens is 849 g/mol. The summed E-state index contributed by atoms with van der Waals surface area (Å²) in [5.41, 5.74) is 10.8. The minimum atomic E-state index is -0.546. The number of benzene rings is 2. The van der Waals surface area contributed by atoms with Crippen molar-refractivity contribution in [2.75, 3.05) is 0 Å². The van der Waals surface area contributed by atoms with Crippen molar-refractivity contribution in [3.8, 4) is 44.8 Å². The fourth-order valence-corrected chi connectivity index (χ4v) is 9.16. The lowest BCUT2D eigenvalue weighted by Crippen LogP contribution is -2.31. The predicted molar refractivity (Wildman–Crippen MR) is 278 cm³/mol. The van der Waals surface area contributed by atoms with E-state index in [-0.39, 0.29) is 10.8 Å². The molecule has 9 rings (SSSR count). The molecule has 5 aromatic heterocycles. The molecule has 0 spiro atoms. The Bertz CT molecular complexity index is 3580. The molecule has 2 aliphatic heterocycles. The third kappa shape index (κ3) is 8.74. The van der Waals surface area contributed by atoms with E-state index in [0.717, 1.165) is 51.6 Å². The molecule has 2 aromatic carbocycles. The maximum Gasteiger partial charge on any atom is 0.328 e. The number of aromatic nitrogens is 8. The molecule has 0 saturated carbocycles. The summed E-state index contributed by atoms with van der Waals surface area (Å²) in [4.78, 5) is 77.3. The Morgan fingerprint density at radius 1 is 0.441 bits per heavy atom. The molecule has 346 valence electrons. The van der Waals surface area contributed by atoms with Crippen LogP contribution in [0.5, 0.6) is 0 Å².